The van der Waals surface area contributed by atoms with E-state index in [0.29, 0.717) is 30.1 Å². The van der Waals surface area contributed by atoms with Gasteiger partial charge in [-0.05, 0) is 36.4 Å². The first kappa shape index (κ1) is 17.5. The van der Waals surface area contributed by atoms with Crippen LogP contribution in [-0.2, 0) is 9.53 Å². The van der Waals surface area contributed by atoms with Crippen LogP contribution in [-0.4, -0.2) is 44.3 Å². The van der Waals surface area contributed by atoms with Crippen molar-refractivity contribution in [1.82, 2.24) is 25.1 Å². The summed E-state index contributed by atoms with van der Waals surface area (Å²) in [6.45, 7) is 0.315. The number of benzene rings is 1. The van der Waals surface area contributed by atoms with Crippen molar-refractivity contribution < 1.29 is 14.3 Å². The minimum atomic E-state index is -0.606. The number of carbonyl (C=O) groups is 2. The maximum atomic E-state index is 12.2. The van der Waals surface area contributed by atoms with Gasteiger partial charge >= 0.3 is 11.7 Å². The normalized spacial score (nSPS) is 15.9. The quantitative estimate of drug-likeness (QED) is 0.557. The van der Waals surface area contributed by atoms with Gasteiger partial charge in [0.1, 0.15) is 6.04 Å². The van der Waals surface area contributed by atoms with Crippen LogP contribution in [0.1, 0.15) is 16.8 Å². The summed E-state index contributed by atoms with van der Waals surface area (Å²) in [6.07, 6.45) is 2.04. The van der Waals surface area contributed by atoms with Gasteiger partial charge in [0.15, 0.2) is 5.82 Å². The fraction of sp³-hybridized carbons (Fsp3) is 0.167. The predicted molar refractivity (Wildman–Crippen MR) is 98.5 cm³/mol. The summed E-state index contributed by atoms with van der Waals surface area (Å²) >= 11 is 0. The molecule has 1 aliphatic heterocycles. The van der Waals surface area contributed by atoms with Crippen molar-refractivity contribution in [3.8, 4) is 5.82 Å². The molecular weight excluding hydrogens is 364 g/mol. The van der Waals surface area contributed by atoms with Crippen LogP contribution >= 0.6 is 0 Å². The third kappa shape index (κ3) is 3.61. The standard InChI is InChI=1S/C18H16N6O4/c25-15(21-13-8-10-28-16(13)26)11-4-6-12(7-5-11)20-17-22-18(27)24(23-17)14-3-1-2-9-19-14/h1-7,9,13H,8,10H2,(H,21,25)(H2,20,22,23,27)/t13-/m1/s1. The molecule has 1 atom stereocenters. The molecule has 1 aliphatic rings. The Morgan fingerprint density at radius 1 is 1.18 bits per heavy atom. The zero-order valence-corrected chi connectivity index (χ0v) is 14.6. The second-order valence-electron chi connectivity index (χ2n) is 6.06. The van der Waals surface area contributed by atoms with E-state index in [1.165, 1.54) is 0 Å². The Hall–Kier alpha value is -3.95. The van der Waals surface area contributed by atoms with Crippen molar-refractivity contribution in [2.24, 2.45) is 0 Å². The van der Waals surface area contributed by atoms with Gasteiger partial charge in [-0.2, -0.15) is 4.68 Å². The number of aromatic nitrogens is 4. The van der Waals surface area contributed by atoms with Crippen LogP contribution in [0, 0.1) is 0 Å². The number of aromatic amines is 1. The molecule has 1 aromatic carbocycles. The Morgan fingerprint density at radius 2 is 2.00 bits per heavy atom. The van der Waals surface area contributed by atoms with Crippen molar-refractivity contribution in [3.05, 3.63) is 64.7 Å². The van der Waals surface area contributed by atoms with Gasteiger partial charge in [0.05, 0.1) is 6.61 Å². The zero-order chi connectivity index (χ0) is 19.5. The lowest BCUT2D eigenvalue weighted by Gasteiger charge is -2.09. The molecule has 3 heterocycles. The summed E-state index contributed by atoms with van der Waals surface area (Å²) in [5, 5.41) is 9.75. The molecule has 10 heteroatoms. The maximum absolute atomic E-state index is 12.2. The number of rotatable bonds is 5. The van der Waals surface area contributed by atoms with Gasteiger partial charge in [0.25, 0.3) is 5.91 Å². The Morgan fingerprint density at radius 3 is 2.68 bits per heavy atom. The summed E-state index contributed by atoms with van der Waals surface area (Å²) in [5.41, 5.74) is 0.595. The Balaban J connectivity index is 1.44. The number of hydrogen-bond donors (Lipinski definition) is 3. The van der Waals surface area contributed by atoms with E-state index in [1.54, 1.807) is 48.7 Å². The van der Waals surface area contributed by atoms with Crippen LogP contribution in [0.5, 0.6) is 0 Å². The molecule has 4 rings (SSSR count). The molecule has 3 N–H and O–H groups in total. The third-order valence-electron chi connectivity index (χ3n) is 4.13. The summed E-state index contributed by atoms with van der Waals surface area (Å²) < 4.78 is 5.97. The summed E-state index contributed by atoms with van der Waals surface area (Å²) in [5.74, 6) is -0.141. The molecule has 28 heavy (non-hydrogen) atoms. The number of hydrogen-bond acceptors (Lipinski definition) is 7. The lowest BCUT2D eigenvalue weighted by Crippen LogP contribution is -2.37. The van der Waals surface area contributed by atoms with Crippen LogP contribution in [0.2, 0.25) is 0 Å². The molecular formula is C18H16N6O4. The van der Waals surface area contributed by atoms with Gasteiger partial charge in [0, 0.05) is 23.9 Å². The minimum absolute atomic E-state index is 0.238. The van der Waals surface area contributed by atoms with E-state index in [0.717, 1.165) is 4.68 Å². The molecule has 1 saturated heterocycles. The van der Waals surface area contributed by atoms with Gasteiger partial charge in [-0.1, -0.05) is 6.07 Å². The highest BCUT2D eigenvalue weighted by Crippen LogP contribution is 2.14. The summed E-state index contributed by atoms with van der Waals surface area (Å²) in [7, 11) is 0. The molecule has 0 aliphatic carbocycles. The smallest absolute Gasteiger partial charge is 0.350 e. The fourth-order valence-electron chi connectivity index (χ4n) is 2.73. The minimum Gasteiger partial charge on any atom is -0.464 e. The third-order valence-corrected chi connectivity index (χ3v) is 4.13. The van der Waals surface area contributed by atoms with E-state index in [-0.39, 0.29) is 11.9 Å². The Bertz CT molecular complexity index is 1060. The Kier molecular flexibility index (Phi) is 4.58. The highest BCUT2D eigenvalue weighted by atomic mass is 16.5. The van der Waals surface area contributed by atoms with Crippen LogP contribution in [0.15, 0.2) is 53.5 Å². The van der Waals surface area contributed by atoms with Gasteiger partial charge < -0.3 is 15.4 Å². The fourth-order valence-corrected chi connectivity index (χ4v) is 2.73. The SMILES string of the molecule is O=C(N[C@@H]1CCOC1=O)c1ccc(Nc2nn(-c3ccccn3)c(=O)[nH]2)cc1. The first-order chi connectivity index (χ1) is 13.6. The number of amides is 1. The van der Waals surface area contributed by atoms with Crippen molar-refractivity contribution in [3.63, 3.8) is 0 Å². The monoisotopic (exact) mass is 380 g/mol. The maximum Gasteiger partial charge on any atom is 0.350 e. The van der Waals surface area contributed by atoms with Crippen LogP contribution < -0.4 is 16.3 Å². The predicted octanol–water partition coefficient (Wildman–Crippen LogP) is 0.744. The van der Waals surface area contributed by atoms with Gasteiger partial charge in [-0.25, -0.2) is 14.6 Å². The first-order valence-electron chi connectivity index (χ1n) is 8.55. The topological polar surface area (TPSA) is 131 Å². The molecule has 0 unspecified atom stereocenters. The number of nitrogens with zero attached hydrogens (tertiary/aromatic N) is 3. The molecule has 0 spiro atoms. The van der Waals surface area contributed by atoms with Crippen molar-refractivity contribution >= 4 is 23.5 Å². The molecule has 1 fully saturated rings. The Labute approximate surface area is 158 Å². The number of esters is 1. The summed E-state index contributed by atoms with van der Waals surface area (Å²) in [4.78, 5) is 42.4. The van der Waals surface area contributed by atoms with Gasteiger partial charge in [-0.15, -0.1) is 5.10 Å². The van der Waals surface area contributed by atoms with E-state index in [4.69, 9.17) is 4.74 Å². The van der Waals surface area contributed by atoms with E-state index >= 15 is 0 Å². The average Bonchev–Trinajstić information content (AvgIpc) is 3.28. The first-order valence-corrected chi connectivity index (χ1v) is 8.55. The number of carbonyl (C=O) groups excluding carboxylic acids is 2. The van der Waals surface area contributed by atoms with Gasteiger partial charge in [0.2, 0.25) is 5.95 Å². The van der Waals surface area contributed by atoms with E-state index in [2.05, 4.69) is 25.7 Å². The van der Waals surface area contributed by atoms with Crippen molar-refractivity contribution in [1.29, 1.82) is 0 Å². The molecule has 0 saturated carbocycles. The number of nitrogens with one attached hydrogen (secondary N) is 3. The van der Waals surface area contributed by atoms with Crippen molar-refractivity contribution in [2.75, 3.05) is 11.9 Å². The second kappa shape index (κ2) is 7.35. The zero-order valence-electron chi connectivity index (χ0n) is 14.6. The molecule has 3 aromatic rings. The highest BCUT2D eigenvalue weighted by Gasteiger charge is 2.28. The van der Waals surface area contributed by atoms with E-state index < -0.39 is 17.7 Å². The van der Waals surface area contributed by atoms with E-state index in [9.17, 15) is 14.4 Å². The van der Waals surface area contributed by atoms with Crippen LogP contribution in [0.4, 0.5) is 11.6 Å². The van der Waals surface area contributed by atoms with E-state index in [1.807, 2.05) is 0 Å². The number of cyclic esters (lactones) is 1. The molecule has 0 bridgehead atoms. The lowest BCUT2D eigenvalue weighted by atomic mass is 10.1. The second-order valence-corrected chi connectivity index (χ2v) is 6.06. The molecule has 0 radical (unpaired) electrons. The highest BCUT2D eigenvalue weighted by molar-refractivity contribution is 5.97. The lowest BCUT2D eigenvalue weighted by molar-refractivity contribution is -0.139. The number of H-pyrrole nitrogens is 1. The number of anilines is 2. The number of ether oxygens (including phenoxy) is 1. The molecule has 10 nitrogen and oxygen atoms in total. The largest absolute Gasteiger partial charge is 0.464 e. The molecule has 2 aromatic heterocycles. The average molecular weight is 380 g/mol. The van der Waals surface area contributed by atoms with Gasteiger partial charge in [-0.3, -0.25) is 9.78 Å². The van der Waals surface area contributed by atoms with Crippen LogP contribution in [0.3, 0.4) is 0 Å². The summed E-state index contributed by atoms with van der Waals surface area (Å²) in [6, 6.07) is 11.1. The van der Waals surface area contributed by atoms with Crippen molar-refractivity contribution in [2.45, 2.75) is 12.5 Å². The molecule has 1 amide bonds. The molecule has 142 valence electrons. The van der Waals surface area contributed by atoms with Crippen LogP contribution in [0.25, 0.3) is 5.82 Å². The number of pyridine rings is 1.